The summed E-state index contributed by atoms with van der Waals surface area (Å²) in [6.07, 6.45) is 7.47. The van der Waals surface area contributed by atoms with Gasteiger partial charge in [-0.15, -0.1) is 0 Å². The lowest BCUT2D eigenvalue weighted by Crippen LogP contribution is -2.47. The highest BCUT2D eigenvalue weighted by Crippen LogP contribution is 2.45. The summed E-state index contributed by atoms with van der Waals surface area (Å²) >= 11 is 0. The first-order valence-electron chi connectivity index (χ1n) is 8.06. The van der Waals surface area contributed by atoms with Gasteiger partial charge in [-0.05, 0) is 58.6 Å². The number of carbonyl (C=O) groups is 1. The number of nitrogens with one attached hydrogen (secondary N) is 1. The lowest BCUT2D eigenvalue weighted by atomic mass is 9.92. The van der Waals surface area contributed by atoms with Crippen molar-refractivity contribution in [1.82, 2.24) is 10.4 Å². The topological polar surface area (TPSA) is 54.5 Å². The van der Waals surface area contributed by atoms with Gasteiger partial charge in [0.15, 0.2) is 0 Å². The Labute approximate surface area is 132 Å². The molecule has 1 aromatic rings. The molecule has 5 heteroatoms. The number of aromatic nitrogens is 1. The molecule has 1 aliphatic carbocycles. The molecule has 0 amide bonds. The summed E-state index contributed by atoms with van der Waals surface area (Å²) in [5, 5.41) is 2.23. The Morgan fingerprint density at radius 2 is 2.27 bits per heavy atom. The number of ether oxygens (including phenoxy) is 1. The van der Waals surface area contributed by atoms with Crippen molar-refractivity contribution in [3.8, 4) is 0 Å². The van der Waals surface area contributed by atoms with E-state index in [9.17, 15) is 4.79 Å². The highest BCUT2D eigenvalue weighted by Gasteiger charge is 2.49. The van der Waals surface area contributed by atoms with E-state index >= 15 is 0 Å². The molecule has 1 aromatic heterocycles. The Bertz CT molecular complexity index is 541. The van der Waals surface area contributed by atoms with Crippen molar-refractivity contribution in [1.29, 1.82) is 0 Å². The quantitative estimate of drug-likeness (QED) is 0.851. The average molecular weight is 303 g/mol. The molecule has 2 heterocycles. The molecule has 120 valence electrons. The first kappa shape index (κ1) is 15.3. The third-order valence-electron chi connectivity index (χ3n) is 4.56. The maximum atomic E-state index is 12.4. The average Bonchev–Trinajstić information content (AvgIpc) is 3.06. The standard InChI is InChI=1S/C17H25N3O2/c1-16(2,3)22-15(21)13-6-7-17(11-13)8-10-19-20(17)14-5-4-9-18-12-14/h4-5,9,12-13,19H,6-8,10-11H2,1-3H3. The molecule has 2 unspecified atom stereocenters. The van der Waals surface area contributed by atoms with Crippen molar-refractivity contribution in [3.05, 3.63) is 24.5 Å². The molecule has 1 saturated heterocycles. The minimum atomic E-state index is -0.413. The van der Waals surface area contributed by atoms with Crippen LogP contribution in [0.4, 0.5) is 5.69 Å². The lowest BCUT2D eigenvalue weighted by molar-refractivity contribution is -0.159. The molecule has 0 bridgehead atoms. The van der Waals surface area contributed by atoms with Crippen LogP contribution in [0.2, 0.25) is 0 Å². The maximum Gasteiger partial charge on any atom is 0.309 e. The van der Waals surface area contributed by atoms with E-state index in [1.54, 1.807) is 6.20 Å². The zero-order valence-electron chi connectivity index (χ0n) is 13.6. The van der Waals surface area contributed by atoms with Gasteiger partial charge in [0.1, 0.15) is 5.60 Å². The van der Waals surface area contributed by atoms with Crippen LogP contribution in [0.3, 0.4) is 0 Å². The van der Waals surface area contributed by atoms with Gasteiger partial charge in [-0.1, -0.05) is 0 Å². The number of anilines is 1. The van der Waals surface area contributed by atoms with Crippen LogP contribution < -0.4 is 10.4 Å². The van der Waals surface area contributed by atoms with Crippen molar-refractivity contribution in [2.24, 2.45) is 5.92 Å². The largest absolute Gasteiger partial charge is 0.460 e. The second-order valence-corrected chi connectivity index (χ2v) is 7.40. The van der Waals surface area contributed by atoms with Crippen molar-refractivity contribution < 1.29 is 9.53 Å². The number of hydrogen-bond donors (Lipinski definition) is 1. The van der Waals surface area contributed by atoms with E-state index in [0.717, 1.165) is 37.9 Å². The van der Waals surface area contributed by atoms with Gasteiger partial charge in [-0.25, -0.2) is 5.43 Å². The van der Waals surface area contributed by atoms with Crippen LogP contribution >= 0.6 is 0 Å². The molecule has 1 N–H and O–H groups in total. The lowest BCUT2D eigenvalue weighted by Gasteiger charge is -2.36. The molecule has 1 spiro atoms. The van der Waals surface area contributed by atoms with Crippen LogP contribution in [0, 0.1) is 5.92 Å². The summed E-state index contributed by atoms with van der Waals surface area (Å²) < 4.78 is 5.58. The van der Waals surface area contributed by atoms with Crippen LogP contribution in [0.5, 0.6) is 0 Å². The number of hydrazine groups is 1. The van der Waals surface area contributed by atoms with Gasteiger partial charge >= 0.3 is 5.97 Å². The van der Waals surface area contributed by atoms with Crippen LogP contribution in [-0.2, 0) is 9.53 Å². The molecule has 2 atom stereocenters. The Balaban J connectivity index is 1.74. The first-order chi connectivity index (χ1) is 10.4. The SMILES string of the molecule is CC(C)(C)OC(=O)C1CCC2(CCNN2c2cccnc2)C1. The predicted molar refractivity (Wildman–Crippen MR) is 85.3 cm³/mol. The van der Waals surface area contributed by atoms with Crippen LogP contribution in [-0.4, -0.2) is 28.6 Å². The predicted octanol–water partition coefficient (Wildman–Crippen LogP) is 2.68. The third kappa shape index (κ3) is 2.95. The number of esters is 1. The second kappa shape index (κ2) is 5.54. The molecule has 5 nitrogen and oxygen atoms in total. The summed E-state index contributed by atoms with van der Waals surface area (Å²) in [6.45, 7) is 6.72. The van der Waals surface area contributed by atoms with E-state index < -0.39 is 5.60 Å². The Morgan fingerprint density at radius 3 is 2.95 bits per heavy atom. The summed E-state index contributed by atoms with van der Waals surface area (Å²) in [5.74, 6) is -0.0549. The van der Waals surface area contributed by atoms with Gasteiger partial charge in [0.25, 0.3) is 0 Å². The van der Waals surface area contributed by atoms with Crippen LogP contribution in [0.1, 0.15) is 46.5 Å². The third-order valence-corrected chi connectivity index (χ3v) is 4.56. The maximum absolute atomic E-state index is 12.4. The van der Waals surface area contributed by atoms with E-state index in [2.05, 4.69) is 21.5 Å². The number of hydrogen-bond acceptors (Lipinski definition) is 5. The fourth-order valence-corrected chi connectivity index (χ4v) is 3.65. The zero-order valence-corrected chi connectivity index (χ0v) is 13.6. The fourth-order valence-electron chi connectivity index (χ4n) is 3.65. The van der Waals surface area contributed by atoms with E-state index in [-0.39, 0.29) is 17.4 Å². The number of pyridine rings is 1. The Hall–Kier alpha value is -1.62. The van der Waals surface area contributed by atoms with Crippen molar-refractivity contribution in [2.75, 3.05) is 11.6 Å². The van der Waals surface area contributed by atoms with E-state index in [1.807, 2.05) is 33.0 Å². The van der Waals surface area contributed by atoms with Crippen molar-refractivity contribution in [3.63, 3.8) is 0 Å². The normalized spacial score (nSPS) is 28.3. The summed E-state index contributed by atoms with van der Waals surface area (Å²) in [5.41, 5.74) is 4.13. The van der Waals surface area contributed by atoms with Crippen LogP contribution in [0.15, 0.2) is 24.5 Å². The molecule has 0 radical (unpaired) electrons. The molecular formula is C17H25N3O2. The molecule has 2 fully saturated rings. The monoisotopic (exact) mass is 303 g/mol. The van der Waals surface area contributed by atoms with Gasteiger partial charge in [0.05, 0.1) is 23.3 Å². The smallest absolute Gasteiger partial charge is 0.309 e. The van der Waals surface area contributed by atoms with Crippen molar-refractivity contribution in [2.45, 2.75) is 57.6 Å². The van der Waals surface area contributed by atoms with Gasteiger partial charge in [-0.3, -0.25) is 9.78 Å². The first-order valence-corrected chi connectivity index (χ1v) is 8.06. The van der Waals surface area contributed by atoms with E-state index in [1.165, 1.54) is 0 Å². The minimum Gasteiger partial charge on any atom is -0.460 e. The molecule has 1 aliphatic heterocycles. The Kier molecular flexibility index (Phi) is 3.85. The number of rotatable bonds is 2. The molecule has 22 heavy (non-hydrogen) atoms. The summed E-state index contributed by atoms with van der Waals surface area (Å²) in [4.78, 5) is 16.6. The van der Waals surface area contributed by atoms with Crippen LogP contribution in [0.25, 0.3) is 0 Å². The van der Waals surface area contributed by atoms with Gasteiger partial charge in [0.2, 0.25) is 0 Å². The molecule has 3 rings (SSSR count). The van der Waals surface area contributed by atoms with E-state index in [4.69, 9.17) is 4.74 Å². The second-order valence-electron chi connectivity index (χ2n) is 7.40. The van der Waals surface area contributed by atoms with Gasteiger partial charge in [-0.2, -0.15) is 0 Å². The molecular weight excluding hydrogens is 278 g/mol. The highest BCUT2D eigenvalue weighted by molar-refractivity contribution is 5.74. The molecule has 0 aromatic carbocycles. The summed E-state index contributed by atoms with van der Waals surface area (Å²) in [7, 11) is 0. The zero-order chi connectivity index (χ0) is 15.8. The number of carbonyl (C=O) groups excluding carboxylic acids is 1. The van der Waals surface area contributed by atoms with E-state index in [0.29, 0.717) is 0 Å². The van der Waals surface area contributed by atoms with Gasteiger partial charge < -0.3 is 9.75 Å². The summed E-state index contributed by atoms with van der Waals surface area (Å²) in [6, 6.07) is 4.01. The van der Waals surface area contributed by atoms with Gasteiger partial charge in [0, 0.05) is 12.7 Å². The molecule has 2 aliphatic rings. The molecule has 1 saturated carbocycles. The van der Waals surface area contributed by atoms with Crippen molar-refractivity contribution >= 4 is 11.7 Å². The number of nitrogens with zero attached hydrogens (tertiary/aromatic N) is 2. The Morgan fingerprint density at radius 1 is 1.45 bits per heavy atom. The fraction of sp³-hybridized carbons (Fsp3) is 0.647. The minimum absolute atomic E-state index is 0.00158. The highest BCUT2D eigenvalue weighted by atomic mass is 16.6.